The van der Waals surface area contributed by atoms with Crippen molar-refractivity contribution < 1.29 is 4.79 Å². The molecule has 0 bridgehead atoms. The highest BCUT2D eigenvalue weighted by molar-refractivity contribution is 6.17. The maximum Gasteiger partial charge on any atom is 0.249 e. The second-order valence-corrected chi connectivity index (χ2v) is 7.32. The Kier molecular flexibility index (Phi) is 5.11. The number of pyridine rings is 1. The van der Waals surface area contributed by atoms with Crippen LogP contribution < -0.4 is 5.73 Å². The highest BCUT2D eigenvalue weighted by Gasteiger charge is 2.17. The number of carbonyl (C=O) groups is 1. The van der Waals surface area contributed by atoms with Crippen LogP contribution in [0.15, 0.2) is 60.9 Å². The molecule has 4 nitrogen and oxygen atoms in total. The first-order valence-electron chi connectivity index (χ1n) is 9.91. The molecule has 2 aromatic carbocycles. The van der Waals surface area contributed by atoms with E-state index in [0.717, 1.165) is 33.8 Å². The van der Waals surface area contributed by atoms with E-state index in [2.05, 4.69) is 46.8 Å². The van der Waals surface area contributed by atoms with Crippen molar-refractivity contribution in [1.29, 1.82) is 0 Å². The van der Waals surface area contributed by atoms with Gasteiger partial charge in [-0.2, -0.15) is 0 Å². The molecule has 0 aliphatic rings. The Bertz CT molecular complexity index is 1130. The predicted octanol–water partition coefficient (Wildman–Crippen LogP) is 5.07. The number of nitrogens with two attached hydrogens (primary N) is 1. The summed E-state index contributed by atoms with van der Waals surface area (Å²) in [5.41, 5.74) is 10.9. The minimum absolute atomic E-state index is 0.391. The maximum atomic E-state index is 12.1. The first kappa shape index (κ1) is 18.2. The first-order valence-corrected chi connectivity index (χ1v) is 9.91. The van der Waals surface area contributed by atoms with Gasteiger partial charge in [0.05, 0.1) is 5.52 Å². The van der Waals surface area contributed by atoms with Crippen LogP contribution in [0.5, 0.6) is 0 Å². The summed E-state index contributed by atoms with van der Waals surface area (Å²) in [5, 5.41) is 2.02. The zero-order valence-electron chi connectivity index (χ0n) is 16.2. The van der Waals surface area contributed by atoms with Crippen molar-refractivity contribution in [2.75, 3.05) is 0 Å². The molecule has 4 rings (SSSR count). The minimum atomic E-state index is -0.391. The van der Waals surface area contributed by atoms with Gasteiger partial charge in [-0.15, -0.1) is 0 Å². The number of aryl methyl sites for hydroxylation is 1. The highest BCUT2D eigenvalue weighted by atomic mass is 16.1. The van der Waals surface area contributed by atoms with Crippen LogP contribution in [0.3, 0.4) is 0 Å². The molecule has 0 spiro atoms. The molecule has 0 aliphatic carbocycles. The Balaban J connectivity index is 1.92. The van der Waals surface area contributed by atoms with E-state index in [0.29, 0.717) is 12.1 Å². The zero-order chi connectivity index (χ0) is 19.5. The number of fused-ring (bicyclic) bond motifs is 3. The lowest BCUT2D eigenvalue weighted by Crippen LogP contribution is -2.11. The van der Waals surface area contributed by atoms with Crippen molar-refractivity contribution in [3.63, 3.8) is 0 Å². The average Bonchev–Trinajstić information content (AvgIpc) is 3.02. The zero-order valence-corrected chi connectivity index (χ0v) is 16.2. The number of benzene rings is 2. The molecule has 2 aromatic heterocycles. The minimum Gasteiger partial charge on any atom is -0.366 e. The normalized spacial score (nSPS) is 11.3. The number of aromatic nitrogens is 2. The molecule has 2 heterocycles. The lowest BCUT2D eigenvalue weighted by molar-refractivity contribution is 0.100. The van der Waals surface area contributed by atoms with Gasteiger partial charge >= 0.3 is 0 Å². The fourth-order valence-corrected chi connectivity index (χ4v) is 3.97. The molecule has 4 aromatic rings. The summed E-state index contributed by atoms with van der Waals surface area (Å²) >= 11 is 0. The van der Waals surface area contributed by atoms with E-state index in [1.807, 2.05) is 24.4 Å². The number of carbonyl (C=O) groups excluding carboxylic acids is 1. The van der Waals surface area contributed by atoms with E-state index in [-0.39, 0.29) is 0 Å². The molecule has 0 saturated heterocycles. The summed E-state index contributed by atoms with van der Waals surface area (Å²) in [6.45, 7) is 2.93. The summed E-state index contributed by atoms with van der Waals surface area (Å²) in [5.74, 6) is -0.391. The highest BCUT2D eigenvalue weighted by Crippen LogP contribution is 2.33. The van der Waals surface area contributed by atoms with Crippen LogP contribution >= 0.6 is 0 Å². The second-order valence-electron chi connectivity index (χ2n) is 7.32. The lowest BCUT2D eigenvalue weighted by atomic mass is 10.0. The summed E-state index contributed by atoms with van der Waals surface area (Å²) in [6, 6.07) is 16.4. The van der Waals surface area contributed by atoms with E-state index < -0.39 is 5.91 Å². The van der Waals surface area contributed by atoms with Gasteiger partial charge in [0.2, 0.25) is 5.91 Å². The molecule has 1 amide bonds. The monoisotopic (exact) mass is 371 g/mol. The largest absolute Gasteiger partial charge is 0.366 e. The Labute approximate surface area is 165 Å². The van der Waals surface area contributed by atoms with Crippen molar-refractivity contribution in [1.82, 2.24) is 9.55 Å². The molecule has 0 atom stereocenters. The number of amides is 1. The molecule has 0 fully saturated rings. The van der Waals surface area contributed by atoms with Crippen molar-refractivity contribution in [2.24, 2.45) is 5.73 Å². The standard InChI is InChI=1S/C24H25N3O/c1-2-3-4-7-17-11-12-19-22(14-17)27(16-18-8-6-13-26-15-18)21-10-5-9-20(23(19)21)24(25)28/h5-6,8-15H,2-4,7,16H2,1H3,(H2,25,28). The molecule has 2 N–H and O–H groups in total. The molecular weight excluding hydrogens is 346 g/mol. The van der Waals surface area contributed by atoms with Gasteiger partial charge < -0.3 is 10.3 Å². The van der Waals surface area contributed by atoms with E-state index in [1.165, 1.54) is 24.8 Å². The summed E-state index contributed by atoms with van der Waals surface area (Å²) in [7, 11) is 0. The lowest BCUT2D eigenvalue weighted by Gasteiger charge is -2.09. The third-order valence-electron chi connectivity index (χ3n) is 5.35. The fraction of sp³-hybridized carbons (Fsp3) is 0.250. The Morgan fingerprint density at radius 3 is 2.68 bits per heavy atom. The topological polar surface area (TPSA) is 60.9 Å². The van der Waals surface area contributed by atoms with E-state index >= 15 is 0 Å². The van der Waals surface area contributed by atoms with Crippen LogP contribution in [0.2, 0.25) is 0 Å². The maximum absolute atomic E-state index is 12.1. The van der Waals surface area contributed by atoms with Gasteiger partial charge in [0.1, 0.15) is 0 Å². The molecule has 0 aliphatic heterocycles. The molecule has 0 saturated carbocycles. The molecule has 4 heteroatoms. The quantitative estimate of drug-likeness (QED) is 0.461. The second kappa shape index (κ2) is 7.85. The fourth-order valence-electron chi connectivity index (χ4n) is 3.97. The summed E-state index contributed by atoms with van der Waals surface area (Å²) in [6.07, 6.45) is 8.39. The SMILES string of the molecule is CCCCCc1ccc2c3c(C(N)=O)cccc3n(Cc3cccnc3)c2c1. The number of primary amides is 1. The molecule has 142 valence electrons. The van der Waals surface area contributed by atoms with Gasteiger partial charge in [-0.25, -0.2) is 0 Å². The van der Waals surface area contributed by atoms with Gasteiger partial charge in [0.25, 0.3) is 0 Å². The molecule has 0 unspecified atom stereocenters. The third kappa shape index (κ3) is 3.38. The van der Waals surface area contributed by atoms with Crippen LogP contribution in [0.4, 0.5) is 0 Å². The molecule has 28 heavy (non-hydrogen) atoms. The molecule has 0 radical (unpaired) electrons. The van der Waals surface area contributed by atoms with Crippen LogP contribution in [0.25, 0.3) is 21.8 Å². The van der Waals surface area contributed by atoms with Gasteiger partial charge in [-0.1, -0.05) is 44.0 Å². The van der Waals surface area contributed by atoms with Gasteiger partial charge in [-0.3, -0.25) is 9.78 Å². The number of unbranched alkanes of at least 4 members (excludes halogenated alkanes) is 2. The van der Waals surface area contributed by atoms with Gasteiger partial charge in [0.15, 0.2) is 0 Å². The smallest absolute Gasteiger partial charge is 0.249 e. The van der Waals surface area contributed by atoms with Crippen molar-refractivity contribution in [2.45, 2.75) is 39.2 Å². The van der Waals surface area contributed by atoms with Crippen LogP contribution in [-0.4, -0.2) is 15.5 Å². The van der Waals surface area contributed by atoms with Crippen molar-refractivity contribution in [3.05, 3.63) is 77.6 Å². The number of rotatable bonds is 7. The van der Waals surface area contributed by atoms with Gasteiger partial charge in [0, 0.05) is 40.8 Å². The van der Waals surface area contributed by atoms with Crippen LogP contribution in [0, 0.1) is 0 Å². The van der Waals surface area contributed by atoms with Crippen LogP contribution in [-0.2, 0) is 13.0 Å². The number of hydrogen-bond acceptors (Lipinski definition) is 2. The third-order valence-corrected chi connectivity index (χ3v) is 5.35. The Morgan fingerprint density at radius 2 is 1.93 bits per heavy atom. The Hall–Kier alpha value is -3.14. The number of nitrogens with zero attached hydrogens (tertiary/aromatic N) is 2. The number of hydrogen-bond donors (Lipinski definition) is 1. The average molecular weight is 371 g/mol. The van der Waals surface area contributed by atoms with E-state index in [4.69, 9.17) is 5.73 Å². The van der Waals surface area contributed by atoms with Crippen molar-refractivity contribution in [3.8, 4) is 0 Å². The predicted molar refractivity (Wildman–Crippen MR) is 115 cm³/mol. The van der Waals surface area contributed by atoms with E-state index in [9.17, 15) is 4.79 Å². The Morgan fingerprint density at radius 1 is 1.04 bits per heavy atom. The van der Waals surface area contributed by atoms with Gasteiger partial charge in [-0.05, 0) is 48.2 Å². The van der Waals surface area contributed by atoms with Crippen LogP contribution in [0.1, 0.15) is 47.7 Å². The summed E-state index contributed by atoms with van der Waals surface area (Å²) < 4.78 is 2.28. The summed E-state index contributed by atoms with van der Waals surface area (Å²) in [4.78, 5) is 16.3. The molecular formula is C24H25N3O. The van der Waals surface area contributed by atoms with Crippen molar-refractivity contribution >= 4 is 27.7 Å². The first-order chi connectivity index (χ1) is 13.7. The van der Waals surface area contributed by atoms with E-state index in [1.54, 1.807) is 6.20 Å².